The molecule has 0 bridgehead atoms. The minimum Gasteiger partial charge on any atom is -0.475 e. The monoisotopic (exact) mass is 219 g/mol. The molecule has 0 saturated heterocycles. The van der Waals surface area contributed by atoms with Crippen molar-refractivity contribution in [2.45, 2.75) is 6.54 Å². The molecular weight excluding hydrogens is 210 g/mol. The predicted molar refractivity (Wildman–Crippen MR) is 55.5 cm³/mol. The van der Waals surface area contributed by atoms with E-state index in [0.29, 0.717) is 12.1 Å². The minimum absolute atomic E-state index is 0.0706. The summed E-state index contributed by atoms with van der Waals surface area (Å²) in [4.78, 5) is 21.6. The van der Waals surface area contributed by atoms with E-state index in [0.717, 1.165) is 0 Å². The number of aromatic carboxylic acids is 1. The summed E-state index contributed by atoms with van der Waals surface area (Å²) < 4.78 is 6.55. The maximum Gasteiger partial charge on any atom is 0.372 e. The van der Waals surface area contributed by atoms with Gasteiger partial charge in [-0.1, -0.05) is 0 Å². The number of pyridine rings is 1. The number of carboxylic acids is 1. The molecule has 0 aliphatic rings. The van der Waals surface area contributed by atoms with Crippen molar-refractivity contribution in [3.63, 3.8) is 0 Å². The third-order valence-corrected chi connectivity index (χ3v) is 2.15. The molecular formula is C11H9NO4. The summed E-state index contributed by atoms with van der Waals surface area (Å²) in [5, 5.41) is 8.82. The highest BCUT2D eigenvalue weighted by atomic mass is 16.4. The Morgan fingerprint density at radius 3 is 2.62 bits per heavy atom. The van der Waals surface area contributed by atoms with Crippen LogP contribution in [0.4, 0.5) is 0 Å². The number of carboxylic acid groups (broad SMARTS) is 1. The highest BCUT2D eigenvalue weighted by Gasteiger charge is 2.13. The molecule has 0 aromatic carbocycles. The number of carbonyl (C=O) groups is 1. The van der Waals surface area contributed by atoms with Crippen LogP contribution in [0.15, 0.2) is 46.1 Å². The van der Waals surface area contributed by atoms with Crippen molar-refractivity contribution in [1.82, 2.24) is 4.57 Å². The molecule has 0 amide bonds. The summed E-state index contributed by atoms with van der Waals surface area (Å²) in [5.41, 5.74) is 0.484. The zero-order valence-electron chi connectivity index (χ0n) is 8.29. The van der Waals surface area contributed by atoms with E-state index in [9.17, 15) is 9.59 Å². The number of furan rings is 1. The number of hydrogen-bond donors (Lipinski definition) is 1. The molecule has 0 aliphatic carbocycles. The van der Waals surface area contributed by atoms with Crippen molar-refractivity contribution in [1.29, 1.82) is 0 Å². The van der Waals surface area contributed by atoms with Gasteiger partial charge in [-0.05, 0) is 6.07 Å². The maximum absolute atomic E-state index is 10.9. The summed E-state index contributed by atoms with van der Waals surface area (Å²) >= 11 is 0. The third-order valence-electron chi connectivity index (χ3n) is 2.15. The van der Waals surface area contributed by atoms with E-state index in [-0.39, 0.29) is 11.2 Å². The smallest absolute Gasteiger partial charge is 0.372 e. The normalized spacial score (nSPS) is 10.2. The van der Waals surface area contributed by atoms with Gasteiger partial charge in [0, 0.05) is 30.1 Å². The van der Waals surface area contributed by atoms with Crippen molar-refractivity contribution in [2.24, 2.45) is 0 Å². The molecule has 2 aromatic heterocycles. The molecule has 82 valence electrons. The van der Waals surface area contributed by atoms with Gasteiger partial charge in [0.2, 0.25) is 5.76 Å². The van der Waals surface area contributed by atoms with E-state index in [2.05, 4.69) is 0 Å². The Morgan fingerprint density at radius 2 is 2.00 bits per heavy atom. The Balaban J connectivity index is 2.27. The molecule has 0 saturated carbocycles. The highest BCUT2D eigenvalue weighted by molar-refractivity contribution is 5.86. The van der Waals surface area contributed by atoms with Gasteiger partial charge in [0.25, 0.3) is 0 Å². The van der Waals surface area contributed by atoms with Crippen LogP contribution in [0, 0.1) is 0 Å². The lowest BCUT2D eigenvalue weighted by molar-refractivity contribution is 0.0660. The first-order valence-electron chi connectivity index (χ1n) is 4.62. The van der Waals surface area contributed by atoms with Crippen molar-refractivity contribution in [3.05, 3.63) is 58.4 Å². The number of hydrogen-bond acceptors (Lipinski definition) is 3. The molecule has 1 N–H and O–H groups in total. The first kappa shape index (κ1) is 10.2. The minimum atomic E-state index is -1.10. The number of aromatic nitrogens is 1. The molecule has 0 unspecified atom stereocenters. The lowest BCUT2D eigenvalue weighted by Crippen LogP contribution is -2.07. The second-order valence-corrected chi connectivity index (χ2v) is 3.29. The largest absolute Gasteiger partial charge is 0.475 e. The van der Waals surface area contributed by atoms with E-state index in [4.69, 9.17) is 9.52 Å². The van der Waals surface area contributed by atoms with Gasteiger partial charge in [0.05, 0.1) is 12.8 Å². The van der Waals surface area contributed by atoms with Gasteiger partial charge in [-0.3, -0.25) is 4.79 Å². The number of nitrogens with zero attached hydrogens (tertiary/aromatic N) is 1. The van der Waals surface area contributed by atoms with Crippen LogP contribution >= 0.6 is 0 Å². The van der Waals surface area contributed by atoms with E-state index >= 15 is 0 Å². The topological polar surface area (TPSA) is 72.4 Å². The molecule has 0 spiro atoms. The van der Waals surface area contributed by atoms with Crippen molar-refractivity contribution >= 4 is 5.97 Å². The average Bonchev–Trinajstić information content (AvgIpc) is 2.69. The Morgan fingerprint density at radius 1 is 1.31 bits per heavy atom. The molecule has 0 aliphatic heterocycles. The summed E-state index contributed by atoms with van der Waals surface area (Å²) in [6.45, 7) is 0.360. The van der Waals surface area contributed by atoms with Gasteiger partial charge in [0.15, 0.2) is 5.43 Å². The molecule has 0 radical (unpaired) electrons. The molecule has 0 fully saturated rings. The van der Waals surface area contributed by atoms with E-state index in [1.165, 1.54) is 18.4 Å². The fraction of sp³-hybridized carbons (Fsp3) is 0.0909. The lowest BCUT2D eigenvalue weighted by atomic mass is 10.2. The van der Waals surface area contributed by atoms with Gasteiger partial charge < -0.3 is 14.1 Å². The molecule has 0 atom stereocenters. The summed E-state index contributed by atoms with van der Waals surface area (Å²) in [7, 11) is 0. The van der Waals surface area contributed by atoms with E-state index in [1.54, 1.807) is 23.0 Å². The van der Waals surface area contributed by atoms with Gasteiger partial charge in [-0.25, -0.2) is 4.79 Å². The maximum atomic E-state index is 10.9. The van der Waals surface area contributed by atoms with Crippen LogP contribution in [-0.2, 0) is 6.54 Å². The lowest BCUT2D eigenvalue weighted by Gasteiger charge is -2.03. The van der Waals surface area contributed by atoms with Crippen LogP contribution in [0.1, 0.15) is 16.1 Å². The van der Waals surface area contributed by atoms with Crippen molar-refractivity contribution in [3.8, 4) is 0 Å². The zero-order chi connectivity index (χ0) is 11.5. The van der Waals surface area contributed by atoms with Gasteiger partial charge in [0.1, 0.15) is 0 Å². The summed E-state index contributed by atoms with van der Waals surface area (Å²) in [6.07, 6.45) is 4.53. The molecule has 2 rings (SSSR count). The summed E-state index contributed by atoms with van der Waals surface area (Å²) in [6, 6.07) is 4.43. The first-order chi connectivity index (χ1) is 7.66. The molecule has 2 aromatic rings. The van der Waals surface area contributed by atoms with E-state index in [1.807, 2.05) is 0 Å². The zero-order valence-corrected chi connectivity index (χ0v) is 8.29. The first-order valence-corrected chi connectivity index (χ1v) is 4.62. The van der Waals surface area contributed by atoms with Crippen LogP contribution in [0.25, 0.3) is 0 Å². The molecule has 5 heteroatoms. The van der Waals surface area contributed by atoms with Gasteiger partial charge >= 0.3 is 5.97 Å². The Bertz CT molecular complexity index is 547. The van der Waals surface area contributed by atoms with Gasteiger partial charge in [-0.2, -0.15) is 0 Å². The molecule has 5 nitrogen and oxygen atoms in total. The molecule has 2 heterocycles. The van der Waals surface area contributed by atoms with Crippen LogP contribution in [0.2, 0.25) is 0 Å². The average molecular weight is 219 g/mol. The highest BCUT2D eigenvalue weighted by Crippen LogP contribution is 2.11. The quantitative estimate of drug-likeness (QED) is 0.841. The Hall–Kier alpha value is -2.30. The van der Waals surface area contributed by atoms with Crippen molar-refractivity contribution in [2.75, 3.05) is 0 Å². The Kier molecular flexibility index (Phi) is 2.59. The second-order valence-electron chi connectivity index (χ2n) is 3.29. The Labute approximate surface area is 90.6 Å². The standard InChI is InChI=1S/C11H9NO4/c13-9-1-4-12(5-2-9)7-8-3-6-16-10(8)11(14)15/h1-6H,7H2,(H,14,15). The fourth-order valence-electron chi connectivity index (χ4n) is 1.39. The van der Waals surface area contributed by atoms with Crippen molar-refractivity contribution < 1.29 is 14.3 Å². The second kappa shape index (κ2) is 4.06. The van der Waals surface area contributed by atoms with Crippen LogP contribution in [0.3, 0.4) is 0 Å². The predicted octanol–water partition coefficient (Wildman–Crippen LogP) is 1.19. The summed E-state index contributed by atoms with van der Waals surface area (Å²) in [5.74, 6) is -1.17. The molecule has 16 heavy (non-hydrogen) atoms. The van der Waals surface area contributed by atoms with Gasteiger partial charge in [-0.15, -0.1) is 0 Å². The number of rotatable bonds is 3. The van der Waals surface area contributed by atoms with E-state index < -0.39 is 5.97 Å². The van der Waals surface area contributed by atoms with Crippen LogP contribution in [-0.4, -0.2) is 15.6 Å². The third kappa shape index (κ3) is 2.03. The van der Waals surface area contributed by atoms with Crippen LogP contribution < -0.4 is 5.43 Å². The fourth-order valence-corrected chi connectivity index (χ4v) is 1.39. The SMILES string of the molecule is O=C(O)c1occc1Cn1ccc(=O)cc1. The van der Waals surface area contributed by atoms with Crippen LogP contribution in [0.5, 0.6) is 0 Å².